The monoisotopic (exact) mass is 215 g/mol. The standard InChI is InChI=1S/C11H21NO3/c1-8(2)7-15-10(14)12-6-5-9(13)11(12,3)4/h8-9,13H,5-7H2,1-4H3. The first-order chi connectivity index (χ1) is 6.85. The second-order valence-electron chi connectivity index (χ2n) is 5.08. The smallest absolute Gasteiger partial charge is 0.410 e. The number of aliphatic hydroxyl groups excluding tert-OH is 1. The third kappa shape index (κ3) is 2.62. The molecule has 1 fully saturated rings. The van der Waals surface area contributed by atoms with Gasteiger partial charge in [-0.3, -0.25) is 0 Å². The highest BCUT2D eigenvalue weighted by atomic mass is 16.6. The zero-order valence-electron chi connectivity index (χ0n) is 9.99. The lowest BCUT2D eigenvalue weighted by Crippen LogP contribution is -2.48. The van der Waals surface area contributed by atoms with Crippen molar-refractivity contribution in [2.45, 2.75) is 45.8 Å². The highest BCUT2D eigenvalue weighted by Crippen LogP contribution is 2.29. The molecule has 1 atom stereocenters. The number of hydrogen-bond acceptors (Lipinski definition) is 3. The summed E-state index contributed by atoms with van der Waals surface area (Å²) in [5.41, 5.74) is -0.506. The Balaban J connectivity index is 2.54. The van der Waals surface area contributed by atoms with E-state index in [-0.39, 0.29) is 6.09 Å². The molecule has 0 aromatic rings. The van der Waals surface area contributed by atoms with E-state index in [2.05, 4.69) is 0 Å². The molecular weight excluding hydrogens is 194 g/mol. The highest BCUT2D eigenvalue weighted by Gasteiger charge is 2.43. The fourth-order valence-electron chi connectivity index (χ4n) is 1.72. The van der Waals surface area contributed by atoms with Crippen molar-refractivity contribution >= 4 is 6.09 Å². The van der Waals surface area contributed by atoms with Crippen molar-refractivity contribution in [2.75, 3.05) is 13.2 Å². The van der Waals surface area contributed by atoms with E-state index < -0.39 is 11.6 Å². The molecule has 1 aliphatic rings. The van der Waals surface area contributed by atoms with E-state index >= 15 is 0 Å². The average molecular weight is 215 g/mol. The summed E-state index contributed by atoms with van der Waals surface area (Å²) in [7, 11) is 0. The van der Waals surface area contributed by atoms with Crippen LogP contribution >= 0.6 is 0 Å². The predicted octanol–water partition coefficient (Wildman–Crippen LogP) is 1.62. The molecule has 0 bridgehead atoms. The summed E-state index contributed by atoms with van der Waals surface area (Å²) < 4.78 is 5.15. The lowest BCUT2D eigenvalue weighted by atomic mass is 9.99. The van der Waals surface area contributed by atoms with Crippen molar-refractivity contribution in [3.63, 3.8) is 0 Å². The molecular formula is C11H21NO3. The summed E-state index contributed by atoms with van der Waals surface area (Å²) in [6, 6.07) is 0. The Morgan fingerprint density at radius 3 is 2.60 bits per heavy atom. The van der Waals surface area contributed by atoms with Gasteiger partial charge < -0.3 is 14.7 Å². The van der Waals surface area contributed by atoms with Crippen LogP contribution < -0.4 is 0 Å². The number of carbonyl (C=O) groups is 1. The summed E-state index contributed by atoms with van der Waals surface area (Å²) >= 11 is 0. The van der Waals surface area contributed by atoms with Crippen molar-refractivity contribution in [1.29, 1.82) is 0 Å². The Bertz CT molecular complexity index is 238. The lowest BCUT2D eigenvalue weighted by Gasteiger charge is -2.33. The zero-order chi connectivity index (χ0) is 11.6. The molecule has 0 spiro atoms. The van der Waals surface area contributed by atoms with Gasteiger partial charge in [0.2, 0.25) is 0 Å². The predicted molar refractivity (Wildman–Crippen MR) is 57.6 cm³/mol. The van der Waals surface area contributed by atoms with E-state index in [1.165, 1.54) is 0 Å². The van der Waals surface area contributed by atoms with Crippen LogP contribution in [0.1, 0.15) is 34.1 Å². The van der Waals surface area contributed by atoms with Crippen LogP contribution in [0.2, 0.25) is 0 Å². The molecule has 15 heavy (non-hydrogen) atoms. The van der Waals surface area contributed by atoms with E-state index in [1.807, 2.05) is 27.7 Å². The Hall–Kier alpha value is -0.770. The second kappa shape index (κ2) is 4.39. The first-order valence-electron chi connectivity index (χ1n) is 5.48. The zero-order valence-corrected chi connectivity index (χ0v) is 9.99. The summed E-state index contributed by atoms with van der Waals surface area (Å²) in [5, 5.41) is 9.70. The third-order valence-corrected chi connectivity index (χ3v) is 2.90. The number of likely N-dealkylation sites (tertiary alicyclic amines) is 1. The van der Waals surface area contributed by atoms with Gasteiger partial charge in [-0.25, -0.2) is 4.79 Å². The lowest BCUT2D eigenvalue weighted by molar-refractivity contribution is 0.0344. The van der Waals surface area contributed by atoms with Crippen LogP contribution in [0.4, 0.5) is 4.79 Å². The molecule has 4 nitrogen and oxygen atoms in total. The van der Waals surface area contributed by atoms with Crippen molar-refractivity contribution in [1.82, 2.24) is 4.90 Å². The van der Waals surface area contributed by atoms with Crippen molar-refractivity contribution in [2.24, 2.45) is 5.92 Å². The van der Waals surface area contributed by atoms with Gasteiger partial charge in [0.1, 0.15) is 0 Å². The largest absolute Gasteiger partial charge is 0.449 e. The summed E-state index contributed by atoms with van der Waals surface area (Å²) in [6.45, 7) is 8.73. The van der Waals surface area contributed by atoms with E-state index in [9.17, 15) is 9.90 Å². The molecule has 1 aliphatic heterocycles. The molecule has 1 rings (SSSR count). The first kappa shape index (κ1) is 12.3. The number of rotatable bonds is 2. The number of amides is 1. The fraction of sp³-hybridized carbons (Fsp3) is 0.909. The highest BCUT2D eigenvalue weighted by molar-refractivity contribution is 5.69. The maximum Gasteiger partial charge on any atom is 0.410 e. The Morgan fingerprint density at radius 2 is 2.20 bits per heavy atom. The van der Waals surface area contributed by atoms with Crippen molar-refractivity contribution < 1.29 is 14.6 Å². The van der Waals surface area contributed by atoms with E-state index in [0.29, 0.717) is 25.5 Å². The number of hydrogen-bond donors (Lipinski definition) is 1. The molecule has 4 heteroatoms. The average Bonchev–Trinajstić information content (AvgIpc) is 2.38. The van der Waals surface area contributed by atoms with Gasteiger partial charge in [-0.1, -0.05) is 13.8 Å². The van der Waals surface area contributed by atoms with Crippen LogP contribution in [0.5, 0.6) is 0 Å². The van der Waals surface area contributed by atoms with Crippen LogP contribution in [0.15, 0.2) is 0 Å². The van der Waals surface area contributed by atoms with Crippen LogP contribution in [0, 0.1) is 5.92 Å². The van der Waals surface area contributed by atoms with E-state index in [0.717, 1.165) is 0 Å². The Kier molecular flexibility index (Phi) is 3.60. The maximum absolute atomic E-state index is 11.7. The van der Waals surface area contributed by atoms with Crippen molar-refractivity contribution in [3.05, 3.63) is 0 Å². The molecule has 1 unspecified atom stereocenters. The first-order valence-corrected chi connectivity index (χ1v) is 5.48. The molecule has 0 radical (unpaired) electrons. The van der Waals surface area contributed by atoms with Gasteiger partial charge in [0, 0.05) is 6.54 Å². The normalized spacial score (nSPS) is 24.7. The van der Waals surface area contributed by atoms with Crippen LogP contribution in [-0.2, 0) is 4.74 Å². The Labute approximate surface area is 91.2 Å². The SMILES string of the molecule is CC(C)COC(=O)N1CCC(O)C1(C)C. The molecule has 88 valence electrons. The van der Waals surface area contributed by atoms with Crippen LogP contribution in [0.3, 0.4) is 0 Å². The number of ether oxygens (including phenoxy) is 1. The summed E-state index contributed by atoms with van der Waals surface area (Å²) in [5.74, 6) is 0.338. The van der Waals surface area contributed by atoms with Crippen LogP contribution in [-0.4, -0.2) is 40.9 Å². The second-order valence-corrected chi connectivity index (χ2v) is 5.08. The molecule has 1 saturated heterocycles. The van der Waals surface area contributed by atoms with E-state index in [4.69, 9.17) is 4.74 Å². The van der Waals surface area contributed by atoms with Gasteiger partial charge in [0.05, 0.1) is 18.2 Å². The van der Waals surface area contributed by atoms with Crippen LogP contribution in [0.25, 0.3) is 0 Å². The Morgan fingerprint density at radius 1 is 1.60 bits per heavy atom. The molecule has 0 saturated carbocycles. The summed E-state index contributed by atoms with van der Waals surface area (Å²) in [4.78, 5) is 13.3. The molecule has 0 aliphatic carbocycles. The minimum Gasteiger partial charge on any atom is -0.449 e. The van der Waals surface area contributed by atoms with Gasteiger partial charge in [-0.2, -0.15) is 0 Å². The molecule has 1 amide bonds. The minimum absolute atomic E-state index is 0.315. The number of aliphatic hydroxyl groups is 1. The molecule has 1 N–H and O–H groups in total. The topological polar surface area (TPSA) is 49.8 Å². The maximum atomic E-state index is 11.7. The minimum atomic E-state index is -0.506. The number of carbonyl (C=O) groups excluding carboxylic acids is 1. The molecule has 0 aromatic carbocycles. The quantitative estimate of drug-likeness (QED) is 0.761. The van der Waals surface area contributed by atoms with Gasteiger partial charge in [0.15, 0.2) is 0 Å². The molecule has 1 heterocycles. The summed E-state index contributed by atoms with van der Waals surface area (Å²) in [6.07, 6.45) is -0.140. The van der Waals surface area contributed by atoms with Gasteiger partial charge in [-0.05, 0) is 26.2 Å². The van der Waals surface area contributed by atoms with Gasteiger partial charge in [-0.15, -0.1) is 0 Å². The third-order valence-electron chi connectivity index (χ3n) is 2.90. The fourth-order valence-corrected chi connectivity index (χ4v) is 1.72. The van der Waals surface area contributed by atoms with Gasteiger partial charge in [0.25, 0.3) is 0 Å². The molecule has 0 aromatic heterocycles. The van der Waals surface area contributed by atoms with Crippen molar-refractivity contribution in [3.8, 4) is 0 Å². The number of nitrogens with zero attached hydrogens (tertiary/aromatic N) is 1. The van der Waals surface area contributed by atoms with E-state index in [1.54, 1.807) is 4.90 Å². The van der Waals surface area contributed by atoms with Gasteiger partial charge >= 0.3 is 6.09 Å².